The van der Waals surface area contributed by atoms with Crippen LogP contribution in [-0.4, -0.2) is 45.0 Å². The van der Waals surface area contributed by atoms with Crippen LogP contribution in [0.3, 0.4) is 0 Å². The number of carbonyl (C=O) groups excluding carboxylic acids is 1. The molecule has 6 heteroatoms. The molecular weight excluding hydrogens is 284 g/mol. The van der Waals surface area contributed by atoms with Crippen LogP contribution in [0.4, 0.5) is 0 Å². The monoisotopic (exact) mass is 310 g/mol. The van der Waals surface area contributed by atoms with Crippen molar-refractivity contribution in [1.29, 1.82) is 5.26 Å². The first-order valence-electron chi connectivity index (χ1n) is 7.96. The highest BCUT2D eigenvalue weighted by molar-refractivity contribution is 5.93. The van der Waals surface area contributed by atoms with E-state index in [4.69, 9.17) is 14.2 Å². The minimum Gasteiger partial charge on any atom is -0.459 e. The quantitative estimate of drug-likeness (QED) is 0.287. The van der Waals surface area contributed by atoms with Crippen molar-refractivity contribution in [2.75, 3.05) is 33.0 Å². The third-order valence-corrected chi connectivity index (χ3v) is 3.35. The zero-order valence-corrected chi connectivity index (χ0v) is 13.5. The Hall–Kier alpha value is -1.58. The molecule has 0 amide bonds. The first-order valence-corrected chi connectivity index (χ1v) is 7.96. The van der Waals surface area contributed by atoms with Gasteiger partial charge < -0.3 is 19.5 Å². The molecule has 1 rings (SSSR count). The topological polar surface area (TPSA) is 80.6 Å². The molecule has 1 aliphatic heterocycles. The van der Waals surface area contributed by atoms with Gasteiger partial charge in [0, 0.05) is 25.5 Å². The van der Waals surface area contributed by atoms with Gasteiger partial charge in [0.05, 0.1) is 12.7 Å². The van der Waals surface area contributed by atoms with Gasteiger partial charge in [-0.2, -0.15) is 5.26 Å². The number of esters is 1. The van der Waals surface area contributed by atoms with E-state index in [-0.39, 0.29) is 18.3 Å². The summed E-state index contributed by atoms with van der Waals surface area (Å²) in [5.74, 6) is -0.592. The number of rotatable bonds is 10. The lowest BCUT2D eigenvalue weighted by molar-refractivity contribution is -0.140. The summed E-state index contributed by atoms with van der Waals surface area (Å²) in [4.78, 5) is 12.0. The van der Waals surface area contributed by atoms with Crippen molar-refractivity contribution in [3.05, 3.63) is 11.3 Å². The maximum atomic E-state index is 12.0. The Bertz CT molecular complexity index is 409. The summed E-state index contributed by atoms with van der Waals surface area (Å²) < 4.78 is 15.7. The molecule has 0 saturated carbocycles. The van der Waals surface area contributed by atoms with Crippen molar-refractivity contribution in [3.8, 4) is 6.07 Å². The Morgan fingerprint density at radius 3 is 2.82 bits per heavy atom. The van der Waals surface area contributed by atoms with E-state index in [0.717, 1.165) is 25.9 Å². The van der Waals surface area contributed by atoms with Crippen LogP contribution in [0, 0.1) is 11.3 Å². The fourth-order valence-corrected chi connectivity index (χ4v) is 2.24. The Balaban J connectivity index is 2.60. The Kier molecular flexibility index (Phi) is 9.28. The zero-order chi connectivity index (χ0) is 16.2. The van der Waals surface area contributed by atoms with Crippen LogP contribution < -0.4 is 5.32 Å². The first kappa shape index (κ1) is 18.5. The number of carbonyl (C=O) groups is 1. The SMILES string of the molecule is CCC/C(NCC1CCCO1)=C(/C#N)C(=O)OCCOCC. The zero-order valence-electron chi connectivity index (χ0n) is 13.5. The van der Waals surface area contributed by atoms with Crippen LogP contribution in [0.1, 0.15) is 39.5 Å². The van der Waals surface area contributed by atoms with Gasteiger partial charge in [-0.25, -0.2) is 4.79 Å². The molecule has 0 aromatic rings. The number of allylic oxidation sites excluding steroid dienone is 1. The van der Waals surface area contributed by atoms with Crippen molar-refractivity contribution < 1.29 is 19.0 Å². The van der Waals surface area contributed by atoms with Crippen molar-refractivity contribution >= 4 is 5.97 Å². The number of hydrogen-bond donors (Lipinski definition) is 1. The molecule has 124 valence electrons. The fourth-order valence-electron chi connectivity index (χ4n) is 2.24. The minimum absolute atomic E-state index is 0.0522. The van der Waals surface area contributed by atoms with Crippen LogP contribution >= 0.6 is 0 Å². The van der Waals surface area contributed by atoms with E-state index in [9.17, 15) is 10.1 Å². The van der Waals surface area contributed by atoms with E-state index in [1.165, 1.54) is 0 Å². The van der Waals surface area contributed by atoms with Crippen molar-refractivity contribution in [2.24, 2.45) is 0 Å². The third kappa shape index (κ3) is 6.46. The summed E-state index contributed by atoms with van der Waals surface area (Å²) >= 11 is 0. The van der Waals surface area contributed by atoms with E-state index < -0.39 is 5.97 Å². The first-order chi connectivity index (χ1) is 10.7. The smallest absolute Gasteiger partial charge is 0.350 e. The molecule has 0 aromatic heterocycles. The number of nitrogens with zero attached hydrogens (tertiary/aromatic N) is 1. The van der Waals surface area contributed by atoms with Gasteiger partial charge in [-0.3, -0.25) is 0 Å². The molecule has 22 heavy (non-hydrogen) atoms. The summed E-state index contributed by atoms with van der Waals surface area (Å²) in [5.41, 5.74) is 0.693. The molecule has 1 heterocycles. The van der Waals surface area contributed by atoms with Crippen molar-refractivity contribution in [3.63, 3.8) is 0 Å². The second kappa shape index (κ2) is 11.0. The average molecular weight is 310 g/mol. The van der Waals surface area contributed by atoms with Gasteiger partial charge in [-0.15, -0.1) is 0 Å². The molecule has 1 fully saturated rings. The van der Waals surface area contributed by atoms with Crippen LogP contribution in [-0.2, 0) is 19.0 Å². The third-order valence-electron chi connectivity index (χ3n) is 3.35. The summed E-state index contributed by atoms with van der Waals surface area (Å²) in [5, 5.41) is 12.5. The summed E-state index contributed by atoms with van der Waals surface area (Å²) in [6.07, 6.45) is 3.69. The summed E-state index contributed by atoms with van der Waals surface area (Å²) in [6.45, 7) is 6.34. The summed E-state index contributed by atoms with van der Waals surface area (Å²) in [6, 6.07) is 1.96. The van der Waals surface area contributed by atoms with E-state index in [2.05, 4.69) is 5.32 Å². The Morgan fingerprint density at radius 2 is 2.23 bits per heavy atom. The molecule has 1 atom stereocenters. The Labute approximate surface area is 132 Å². The van der Waals surface area contributed by atoms with E-state index in [0.29, 0.717) is 31.9 Å². The van der Waals surface area contributed by atoms with Crippen LogP contribution in [0.2, 0.25) is 0 Å². The highest BCUT2D eigenvalue weighted by atomic mass is 16.6. The highest BCUT2D eigenvalue weighted by Gasteiger charge is 2.19. The van der Waals surface area contributed by atoms with E-state index in [1.807, 2.05) is 19.9 Å². The highest BCUT2D eigenvalue weighted by Crippen LogP contribution is 2.14. The molecule has 0 aliphatic carbocycles. The largest absolute Gasteiger partial charge is 0.459 e. The molecule has 0 aromatic carbocycles. The molecule has 1 aliphatic rings. The van der Waals surface area contributed by atoms with Crippen LogP contribution in [0.15, 0.2) is 11.3 Å². The van der Waals surface area contributed by atoms with Crippen LogP contribution in [0.25, 0.3) is 0 Å². The van der Waals surface area contributed by atoms with Gasteiger partial charge in [0.25, 0.3) is 0 Å². The van der Waals surface area contributed by atoms with Gasteiger partial charge in [0.2, 0.25) is 0 Å². The normalized spacial score (nSPS) is 18.5. The molecule has 6 nitrogen and oxygen atoms in total. The maximum Gasteiger partial charge on any atom is 0.350 e. The predicted molar refractivity (Wildman–Crippen MR) is 82.0 cm³/mol. The molecule has 1 unspecified atom stereocenters. The fraction of sp³-hybridized carbons (Fsp3) is 0.750. The van der Waals surface area contributed by atoms with E-state index in [1.54, 1.807) is 0 Å². The standard InChI is InChI=1S/C16H26N2O4/c1-3-6-15(18-12-13-7-5-8-21-13)14(11-17)16(19)22-10-9-20-4-2/h13,18H,3-10,12H2,1-2H3/b15-14+. The van der Waals surface area contributed by atoms with Gasteiger partial charge in [0.15, 0.2) is 5.57 Å². The lowest BCUT2D eigenvalue weighted by Gasteiger charge is -2.16. The molecule has 0 radical (unpaired) electrons. The Morgan fingerprint density at radius 1 is 1.41 bits per heavy atom. The molecular formula is C16H26N2O4. The van der Waals surface area contributed by atoms with Gasteiger partial charge in [0.1, 0.15) is 12.7 Å². The van der Waals surface area contributed by atoms with Crippen molar-refractivity contribution in [1.82, 2.24) is 5.32 Å². The average Bonchev–Trinajstić information content (AvgIpc) is 3.03. The maximum absolute atomic E-state index is 12.0. The second-order valence-corrected chi connectivity index (χ2v) is 5.06. The number of ether oxygens (including phenoxy) is 3. The lowest BCUT2D eigenvalue weighted by Crippen LogP contribution is -2.28. The molecule has 1 saturated heterocycles. The van der Waals surface area contributed by atoms with E-state index >= 15 is 0 Å². The molecule has 0 bridgehead atoms. The van der Waals surface area contributed by atoms with Gasteiger partial charge >= 0.3 is 5.97 Å². The number of nitrogens with one attached hydrogen (secondary N) is 1. The lowest BCUT2D eigenvalue weighted by atomic mass is 10.1. The van der Waals surface area contributed by atoms with Gasteiger partial charge in [-0.05, 0) is 26.2 Å². The second-order valence-electron chi connectivity index (χ2n) is 5.06. The van der Waals surface area contributed by atoms with Crippen molar-refractivity contribution in [2.45, 2.75) is 45.6 Å². The van der Waals surface area contributed by atoms with Gasteiger partial charge in [-0.1, -0.05) is 13.3 Å². The van der Waals surface area contributed by atoms with Crippen LogP contribution in [0.5, 0.6) is 0 Å². The number of nitriles is 1. The minimum atomic E-state index is -0.592. The predicted octanol–water partition coefficient (Wildman–Crippen LogP) is 1.91. The molecule has 0 spiro atoms. The summed E-state index contributed by atoms with van der Waals surface area (Å²) in [7, 11) is 0. The number of hydrogen-bond acceptors (Lipinski definition) is 6. The molecule has 1 N–H and O–H groups in total.